The van der Waals surface area contributed by atoms with Crippen molar-refractivity contribution in [3.05, 3.63) is 65.3 Å². The molecule has 1 aromatic heterocycles. The van der Waals surface area contributed by atoms with E-state index < -0.39 is 11.2 Å². The first-order valence-electron chi connectivity index (χ1n) is 9.38. The third-order valence-electron chi connectivity index (χ3n) is 5.26. The number of anilines is 2. The fourth-order valence-corrected chi connectivity index (χ4v) is 4.32. The van der Waals surface area contributed by atoms with Gasteiger partial charge in [-0.3, -0.25) is 9.59 Å². The Hall–Kier alpha value is -3.06. The summed E-state index contributed by atoms with van der Waals surface area (Å²) in [6, 6.07) is 14.2. The van der Waals surface area contributed by atoms with Gasteiger partial charge >= 0.3 is 0 Å². The highest BCUT2D eigenvalue weighted by Crippen LogP contribution is 2.44. The summed E-state index contributed by atoms with van der Waals surface area (Å²) in [5.74, 6) is -0.823. The summed E-state index contributed by atoms with van der Waals surface area (Å²) in [6.45, 7) is 1.37. The summed E-state index contributed by atoms with van der Waals surface area (Å²) in [4.78, 5) is 28.5. The minimum Gasteiger partial charge on any atom is -0.326 e. The number of hydrogen-bond acceptors (Lipinski definition) is 4. The smallest absolute Gasteiger partial charge is 0.236 e. The molecule has 3 aromatic rings. The van der Waals surface area contributed by atoms with Crippen LogP contribution in [0.3, 0.4) is 0 Å². The van der Waals surface area contributed by atoms with Crippen LogP contribution in [-0.2, 0) is 15.0 Å². The highest BCUT2D eigenvalue weighted by Gasteiger charge is 2.45. The zero-order chi connectivity index (χ0) is 20.4. The van der Waals surface area contributed by atoms with Gasteiger partial charge in [-0.15, -0.1) is 11.3 Å². The monoisotopic (exact) mass is 409 g/mol. The van der Waals surface area contributed by atoms with E-state index in [1.165, 1.54) is 24.3 Å². The van der Waals surface area contributed by atoms with Gasteiger partial charge in [0.2, 0.25) is 11.8 Å². The van der Waals surface area contributed by atoms with Gasteiger partial charge in [-0.25, -0.2) is 9.37 Å². The predicted octanol–water partition coefficient (Wildman–Crippen LogP) is 4.97. The van der Waals surface area contributed by atoms with E-state index in [0.29, 0.717) is 22.1 Å². The molecule has 2 aromatic carbocycles. The summed E-state index contributed by atoms with van der Waals surface area (Å²) in [5.41, 5.74) is 1.65. The maximum absolute atomic E-state index is 14.5. The summed E-state index contributed by atoms with van der Waals surface area (Å²) in [7, 11) is 0. The summed E-state index contributed by atoms with van der Waals surface area (Å²) < 4.78 is 14.5. The topological polar surface area (TPSA) is 71.1 Å². The molecule has 0 unspecified atom stereocenters. The first kappa shape index (κ1) is 19.3. The molecule has 1 aliphatic rings. The van der Waals surface area contributed by atoms with Crippen LogP contribution in [0.25, 0.3) is 11.3 Å². The Morgan fingerprint density at radius 2 is 1.86 bits per heavy atom. The number of carbonyl (C=O) groups excluding carboxylic acids is 2. The number of aromatic nitrogens is 1. The second-order valence-electron chi connectivity index (χ2n) is 7.17. The molecule has 2 N–H and O–H groups in total. The molecular weight excluding hydrogens is 389 g/mol. The standard InChI is InChI=1S/C22H20FN3O2S/c1-14(27)24-16-8-9-17(18(23)12-16)19-13-29-21(25-19)26-20(28)22(10-5-11-22)15-6-3-2-4-7-15/h2-4,6-9,12-13H,5,10-11H2,1H3,(H,24,27)(H,25,26,28). The molecule has 0 bridgehead atoms. The number of rotatable bonds is 5. The van der Waals surface area contributed by atoms with E-state index in [4.69, 9.17) is 0 Å². The lowest BCUT2D eigenvalue weighted by Gasteiger charge is -2.40. The zero-order valence-electron chi connectivity index (χ0n) is 15.9. The van der Waals surface area contributed by atoms with Gasteiger partial charge in [0.1, 0.15) is 5.82 Å². The van der Waals surface area contributed by atoms with Crippen LogP contribution in [0.4, 0.5) is 15.2 Å². The number of halogens is 1. The number of nitrogens with zero attached hydrogens (tertiary/aromatic N) is 1. The van der Waals surface area contributed by atoms with Crippen LogP contribution in [0.15, 0.2) is 53.9 Å². The molecular formula is C22H20FN3O2S. The SMILES string of the molecule is CC(=O)Nc1ccc(-c2csc(NC(=O)C3(c4ccccc4)CCC3)n2)c(F)c1. The Morgan fingerprint density at radius 3 is 2.48 bits per heavy atom. The van der Waals surface area contributed by atoms with Crippen molar-refractivity contribution in [1.29, 1.82) is 0 Å². The normalized spacial score (nSPS) is 14.7. The van der Waals surface area contributed by atoms with Crippen molar-refractivity contribution in [2.75, 3.05) is 10.6 Å². The van der Waals surface area contributed by atoms with Gasteiger partial charge in [-0.05, 0) is 36.6 Å². The number of hydrogen-bond donors (Lipinski definition) is 2. The Kier molecular flexibility index (Phi) is 5.15. The van der Waals surface area contributed by atoms with E-state index in [1.807, 2.05) is 30.3 Å². The molecule has 7 heteroatoms. The zero-order valence-corrected chi connectivity index (χ0v) is 16.7. The van der Waals surface area contributed by atoms with Crippen LogP contribution in [0.2, 0.25) is 0 Å². The van der Waals surface area contributed by atoms with Crippen LogP contribution in [-0.4, -0.2) is 16.8 Å². The molecule has 2 amide bonds. The van der Waals surface area contributed by atoms with E-state index in [1.54, 1.807) is 17.5 Å². The van der Waals surface area contributed by atoms with Gasteiger partial charge < -0.3 is 10.6 Å². The van der Waals surface area contributed by atoms with Crippen LogP contribution >= 0.6 is 11.3 Å². The molecule has 148 valence electrons. The average molecular weight is 409 g/mol. The Bertz CT molecular complexity index is 1060. The predicted molar refractivity (Wildman–Crippen MR) is 112 cm³/mol. The molecule has 0 aliphatic heterocycles. The second kappa shape index (κ2) is 7.75. The lowest BCUT2D eigenvalue weighted by atomic mass is 9.64. The molecule has 0 atom stereocenters. The quantitative estimate of drug-likeness (QED) is 0.625. The highest BCUT2D eigenvalue weighted by atomic mass is 32.1. The molecule has 1 saturated carbocycles. The van der Waals surface area contributed by atoms with Crippen molar-refractivity contribution in [2.24, 2.45) is 0 Å². The van der Waals surface area contributed by atoms with E-state index in [9.17, 15) is 14.0 Å². The highest BCUT2D eigenvalue weighted by molar-refractivity contribution is 7.14. The molecule has 1 aliphatic carbocycles. The Balaban J connectivity index is 1.53. The van der Waals surface area contributed by atoms with Crippen LogP contribution in [0, 0.1) is 5.82 Å². The van der Waals surface area contributed by atoms with Crippen LogP contribution in [0.1, 0.15) is 31.7 Å². The number of benzene rings is 2. The second-order valence-corrected chi connectivity index (χ2v) is 8.03. The minimum atomic E-state index is -0.516. The van der Waals surface area contributed by atoms with Crippen molar-refractivity contribution >= 4 is 34.0 Å². The van der Waals surface area contributed by atoms with Gasteiger partial charge in [0.25, 0.3) is 0 Å². The van der Waals surface area contributed by atoms with E-state index in [0.717, 1.165) is 24.8 Å². The van der Waals surface area contributed by atoms with Crippen molar-refractivity contribution in [3.8, 4) is 11.3 Å². The molecule has 5 nitrogen and oxygen atoms in total. The van der Waals surface area contributed by atoms with Crippen molar-refractivity contribution in [2.45, 2.75) is 31.6 Å². The number of carbonyl (C=O) groups is 2. The maximum Gasteiger partial charge on any atom is 0.236 e. The molecule has 0 spiro atoms. The van der Waals surface area contributed by atoms with Gasteiger partial charge in [-0.1, -0.05) is 36.8 Å². The summed E-state index contributed by atoms with van der Waals surface area (Å²) in [6.07, 6.45) is 2.62. The fourth-order valence-electron chi connectivity index (χ4n) is 3.61. The third-order valence-corrected chi connectivity index (χ3v) is 6.02. The number of nitrogens with one attached hydrogen (secondary N) is 2. The van der Waals surface area contributed by atoms with Crippen LogP contribution in [0.5, 0.6) is 0 Å². The van der Waals surface area contributed by atoms with Crippen molar-refractivity contribution in [1.82, 2.24) is 4.98 Å². The fraction of sp³-hybridized carbons (Fsp3) is 0.227. The summed E-state index contributed by atoms with van der Waals surface area (Å²) in [5, 5.41) is 7.62. The van der Waals surface area contributed by atoms with E-state index in [-0.39, 0.29) is 11.8 Å². The molecule has 1 fully saturated rings. The third kappa shape index (κ3) is 3.78. The van der Waals surface area contributed by atoms with Gasteiger partial charge in [-0.2, -0.15) is 0 Å². The minimum absolute atomic E-state index is 0.0719. The summed E-state index contributed by atoms with van der Waals surface area (Å²) >= 11 is 1.26. The molecule has 0 radical (unpaired) electrons. The number of thiazole rings is 1. The Labute approximate surface area is 172 Å². The maximum atomic E-state index is 14.5. The first-order chi connectivity index (χ1) is 14.0. The van der Waals surface area contributed by atoms with Crippen molar-refractivity contribution < 1.29 is 14.0 Å². The molecule has 1 heterocycles. The largest absolute Gasteiger partial charge is 0.326 e. The van der Waals surface area contributed by atoms with Gasteiger partial charge in [0, 0.05) is 23.6 Å². The van der Waals surface area contributed by atoms with Crippen LogP contribution < -0.4 is 10.6 Å². The molecule has 0 saturated heterocycles. The van der Waals surface area contributed by atoms with Gasteiger partial charge in [0.05, 0.1) is 11.1 Å². The molecule has 4 rings (SSSR count). The van der Waals surface area contributed by atoms with E-state index >= 15 is 0 Å². The lowest BCUT2D eigenvalue weighted by molar-refractivity contribution is -0.124. The van der Waals surface area contributed by atoms with E-state index in [2.05, 4.69) is 15.6 Å². The number of amides is 2. The lowest BCUT2D eigenvalue weighted by Crippen LogP contribution is -2.45. The average Bonchev–Trinajstić information content (AvgIpc) is 3.09. The van der Waals surface area contributed by atoms with Gasteiger partial charge in [0.15, 0.2) is 5.13 Å². The first-order valence-corrected chi connectivity index (χ1v) is 10.3. The van der Waals surface area contributed by atoms with Crippen molar-refractivity contribution in [3.63, 3.8) is 0 Å². The molecule has 29 heavy (non-hydrogen) atoms. The Morgan fingerprint density at radius 1 is 1.10 bits per heavy atom.